The van der Waals surface area contributed by atoms with Crippen molar-refractivity contribution in [3.05, 3.63) is 38.3 Å². The molecule has 13 heavy (non-hydrogen) atoms. The van der Waals surface area contributed by atoms with Crippen LogP contribution in [0.25, 0.3) is 10.9 Å². The Morgan fingerprint density at radius 1 is 1.46 bits per heavy atom. The number of hydrogen-bond donors (Lipinski definition) is 1. The summed E-state index contributed by atoms with van der Waals surface area (Å²) in [7, 11) is 0. The minimum atomic E-state index is -0.226. The van der Waals surface area contributed by atoms with Crippen LogP contribution in [0.3, 0.4) is 0 Å². The molecule has 0 radical (unpaired) electrons. The number of nitrogens with zero attached hydrogens (tertiary/aromatic N) is 1. The number of aromatic amines is 1. The Labute approximate surface area is 86.9 Å². The second kappa shape index (κ2) is 3.12. The van der Waals surface area contributed by atoms with Gasteiger partial charge in [0.05, 0.1) is 22.3 Å². The third-order valence-corrected chi connectivity index (χ3v) is 2.98. The van der Waals surface area contributed by atoms with Gasteiger partial charge in [0.25, 0.3) is 5.56 Å². The monoisotopic (exact) mass is 258 g/mol. The molecule has 2 rings (SSSR count). The molecule has 1 N–H and O–H groups in total. The highest BCUT2D eigenvalue weighted by atomic mass is 79.9. The zero-order chi connectivity index (χ0) is 9.42. The first-order valence-electron chi connectivity index (χ1n) is 3.51. The largest absolute Gasteiger partial charge is 0.313 e. The molecule has 1 aromatic carbocycles. The fraction of sp³-hybridized carbons (Fsp3) is 0. The minimum Gasteiger partial charge on any atom is -0.313 e. The Morgan fingerprint density at radius 2 is 2.23 bits per heavy atom. The van der Waals surface area contributed by atoms with Crippen molar-refractivity contribution in [1.82, 2.24) is 9.97 Å². The van der Waals surface area contributed by atoms with Crippen molar-refractivity contribution in [3.63, 3.8) is 0 Å². The second-order valence-corrected chi connectivity index (χ2v) is 3.72. The molecule has 1 heterocycles. The van der Waals surface area contributed by atoms with E-state index in [1.807, 2.05) is 0 Å². The molecule has 0 saturated carbocycles. The molecule has 0 spiro atoms. The molecule has 1 aromatic heterocycles. The van der Waals surface area contributed by atoms with E-state index in [1.54, 1.807) is 12.1 Å². The van der Waals surface area contributed by atoms with Crippen LogP contribution in [-0.4, -0.2) is 9.97 Å². The highest BCUT2D eigenvalue weighted by molar-refractivity contribution is 9.10. The fourth-order valence-corrected chi connectivity index (χ4v) is 1.67. The summed E-state index contributed by atoms with van der Waals surface area (Å²) in [6, 6.07) is 3.50. The van der Waals surface area contributed by atoms with Gasteiger partial charge in [-0.1, -0.05) is 11.6 Å². The third kappa shape index (κ3) is 1.36. The zero-order valence-electron chi connectivity index (χ0n) is 6.34. The van der Waals surface area contributed by atoms with Crippen LogP contribution in [-0.2, 0) is 0 Å². The van der Waals surface area contributed by atoms with Gasteiger partial charge in [-0.3, -0.25) is 4.79 Å². The van der Waals surface area contributed by atoms with Crippen molar-refractivity contribution in [1.29, 1.82) is 0 Å². The molecule has 0 fully saturated rings. The Bertz CT molecular complexity index is 523. The van der Waals surface area contributed by atoms with Gasteiger partial charge < -0.3 is 4.98 Å². The molecule has 5 heteroatoms. The first-order valence-corrected chi connectivity index (χ1v) is 4.68. The summed E-state index contributed by atoms with van der Waals surface area (Å²) in [6.07, 6.45) is 1.36. The SMILES string of the molecule is O=c1[nH]cnc2ccc(Br)c(Cl)c12. The zero-order valence-corrected chi connectivity index (χ0v) is 8.69. The van der Waals surface area contributed by atoms with Crippen molar-refractivity contribution in [3.8, 4) is 0 Å². The van der Waals surface area contributed by atoms with E-state index in [9.17, 15) is 4.79 Å². The Morgan fingerprint density at radius 3 is 3.00 bits per heavy atom. The van der Waals surface area contributed by atoms with E-state index < -0.39 is 0 Å². The molecule has 0 unspecified atom stereocenters. The van der Waals surface area contributed by atoms with Crippen molar-refractivity contribution in [2.75, 3.05) is 0 Å². The summed E-state index contributed by atoms with van der Waals surface area (Å²) in [5, 5.41) is 0.811. The number of H-pyrrole nitrogens is 1. The van der Waals surface area contributed by atoms with Crippen LogP contribution < -0.4 is 5.56 Å². The Hall–Kier alpha value is -0.870. The fourth-order valence-electron chi connectivity index (χ4n) is 1.10. The van der Waals surface area contributed by atoms with Crippen molar-refractivity contribution in [2.24, 2.45) is 0 Å². The van der Waals surface area contributed by atoms with Gasteiger partial charge in [0.15, 0.2) is 0 Å². The lowest BCUT2D eigenvalue weighted by Crippen LogP contribution is -2.06. The molecular formula is C8H4BrClN2O. The van der Waals surface area contributed by atoms with E-state index >= 15 is 0 Å². The van der Waals surface area contributed by atoms with E-state index in [2.05, 4.69) is 25.9 Å². The van der Waals surface area contributed by atoms with Crippen molar-refractivity contribution in [2.45, 2.75) is 0 Å². The van der Waals surface area contributed by atoms with Crippen molar-refractivity contribution >= 4 is 38.4 Å². The molecule has 0 saturated heterocycles. The molecule has 66 valence electrons. The van der Waals surface area contributed by atoms with Gasteiger partial charge >= 0.3 is 0 Å². The Kier molecular flexibility index (Phi) is 2.09. The predicted octanol–water partition coefficient (Wildman–Crippen LogP) is 2.34. The average Bonchev–Trinajstić information content (AvgIpc) is 2.12. The molecule has 0 aliphatic carbocycles. The molecule has 0 atom stereocenters. The van der Waals surface area contributed by atoms with Crippen LogP contribution in [0.4, 0.5) is 0 Å². The lowest BCUT2D eigenvalue weighted by molar-refractivity contribution is 1.17. The minimum absolute atomic E-state index is 0.226. The number of rotatable bonds is 0. The number of hydrogen-bond acceptors (Lipinski definition) is 2. The van der Waals surface area contributed by atoms with Gasteiger partial charge in [0.1, 0.15) is 0 Å². The van der Waals surface area contributed by atoms with Crippen LogP contribution >= 0.6 is 27.5 Å². The quantitative estimate of drug-likeness (QED) is 0.789. The summed E-state index contributed by atoms with van der Waals surface area (Å²) >= 11 is 9.16. The topological polar surface area (TPSA) is 45.8 Å². The maximum Gasteiger partial charge on any atom is 0.260 e. The number of nitrogens with one attached hydrogen (secondary N) is 1. The van der Waals surface area contributed by atoms with Gasteiger partial charge in [0.2, 0.25) is 0 Å². The molecule has 2 aromatic rings. The molecule has 0 aliphatic heterocycles. The standard InChI is InChI=1S/C8H4BrClN2O/c9-4-1-2-5-6(7(4)10)8(13)12-3-11-5/h1-3H,(H,11,12,13). The van der Waals surface area contributed by atoms with Crippen LogP contribution in [0.2, 0.25) is 5.02 Å². The summed E-state index contributed by atoms with van der Waals surface area (Å²) < 4.78 is 0.695. The van der Waals surface area contributed by atoms with Gasteiger partial charge in [-0.15, -0.1) is 0 Å². The summed E-state index contributed by atoms with van der Waals surface area (Å²) in [4.78, 5) is 17.8. The number of fused-ring (bicyclic) bond motifs is 1. The van der Waals surface area contributed by atoms with Crippen LogP contribution in [0, 0.1) is 0 Å². The lowest BCUT2D eigenvalue weighted by Gasteiger charge is -1.99. The van der Waals surface area contributed by atoms with E-state index in [0.717, 1.165) is 0 Å². The van der Waals surface area contributed by atoms with E-state index in [4.69, 9.17) is 11.6 Å². The van der Waals surface area contributed by atoms with E-state index in [-0.39, 0.29) is 5.56 Å². The number of aromatic nitrogens is 2. The van der Waals surface area contributed by atoms with Gasteiger partial charge in [-0.25, -0.2) is 4.98 Å². The maximum atomic E-state index is 11.4. The van der Waals surface area contributed by atoms with Crippen molar-refractivity contribution < 1.29 is 0 Å². The molecule has 0 amide bonds. The number of halogens is 2. The van der Waals surface area contributed by atoms with Crippen LogP contribution in [0.5, 0.6) is 0 Å². The first-order chi connectivity index (χ1) is 6.20. The highest BCUT2D eigenvalue weighted by Gasteiger charge is 2.06. The summed E-state index contributed by atoms with van der Waals surface area (Å²) in [5.41, 5.74) is 0.369. The number of benzene rings is 1. The third-order valence-electron chi connectivity index (χ3n) is 1.70. The lowest BCUT2D eigenvalue weighted by atomic mass is 10.2. The van der Waals surface area contributed by atoms with Crippen LogP contribution in [0.15, 0.2) is 27.7 Å². The van der Waals surface area contributed by atoms with Crippen LogP contribution in [0.1, 0.15) is 0 Å². The maximum absolute atomic E-state index is 11.4. The van der Waals surface area contributed by atoms with Gasteiger partial charge in [-0.2, -0.15) is 0 Å². The highest BCUT2D eigenvalue weighted by Crippen LogP contribution is 2.27. The average molecular weight is 259 g/mol. The molecule has 0 bridgehead atoms. The second-order valence-electron chi connectivity index (χ2n) is 2.49. The summed E-state index contributed by atoms with van der Waals surface area (Å²) in [5.74, 6) is 0. The molecular weight excluding hydrogens is 255 g/mol. The normalized spacial score (nSPS) is 10.6. The smallest absolute Gasteiger partial charge is 0.260 e. The molecule has 0 aliphatic rings. The van der Waals surface area contributed by atoms with Gasteiger partial charge in [0, 0.05) is 4.47 Å². The van der Waals surface area contributed by atoms with E-state index in [1.165, 1.54) is 6.33 Å². The predicted molar refractivity (Wildman–Crippen MR) is 55.1 cm³/mol. The van der Waals surface area contributed by atoms with E-state index in [0.29, 0.717) is 20.4 Å². The first kappa shape index (κ1) is 8.72. The van der Waals surface area contributed by atoms with Gasteiger partial charge in [-0.05, 0) is 28.1 Å². The molecule has 3 nitrogen and oxygen atoms in total. The summed E-state index contributed by atoms with van der Waals surface area (Å²) in [6.45, 7) is 0. The Balaban J connectivity index is 3.06.